The summed E-state index contributed by atoms with van der Waals surface area (Å²) in [6.45, 7) is 7.32. The molecular weight excluding hydrogens is 287 g/mol. The third kappa shape index (κ3) is 5.58. The normalized spacial score (nSPS) is 22.1. The molecule has 0 amide bonds. The van der Waals surface area contributed by atoms with Gasteiger partial charge >= 0.3 is 0 Å². The van der Waals surface area contributed by atoms with Crippen LogP contribution in [0.3, 0.4) is 0 Å². The predicted molar refractivity (Wildman–Crippen MR) is 93.9 cm³/mol. The molecule has 3 heteroatoms. The Kier molecular flexibility index (Phi) is 6.46. The van der Waals surface area contributed by atoms with Crippen molar-refractivity contribution in [3.63, 3.8) is 0 Å². The Hall–Kier alpha value is -0.930. The van der Waals surface area contributed by atoms with Crippen LogP contribution in [0.25, 0.3) is 0 Å². The molecule has 2 aliphatic rings. The summed E-state index contributed by atoms with van der Waals surface area (Å²) in [6.07, 6.45) is 9.69. The molecule has 23 heavy (non-hydrogen) atoms. The number of piperidine rings is 1. The van der Waals surface area contributed by atoms with E-state index in [1.165, 1.54) is 83.2 Å². The van der Waals surface area contributed by atoms with Crippen molar-refractivity contribution in [1.82, 2.24) is 9.80 Å². The van der Waals surface area contributed by atoms with Crippen molar-refractivity contribution < 1.29 is 4.39 Å². The van der Waals surface area contributed by atoms with Gasteiger partial charge in [0.2, 0.25) is 0 Å². The maximum absolute atomic E-state index is 13.0. The number of rotatable bonds is 5. The summed E-state index contributed by atoms with van der Waals surface area (Å²) in [6, 6.07) is 6.98. The van der Waals surface area contributed by atoms with E-state index in [0.29, 0.717) is 0 Å². The van der Waals surface area contributed by atoms with Crippen LogP contribution in [0.15, 0.2) is 24.3 Å². The summed E-state index contributed by atoms with van der Waals surface area (Å²) in [7, 11) is 0. The zero-order valence-corrected chi connectivity index (χ0v) is 14.4. The van der Waals surface area contributed by atoms with Gasteiger partial charge in [0, 0.05) is 6.54 Å². The van der Waals surface area contributed by atoms with Gasteiger partial charge < -0.3 is 4.90 Å². The van der Waals surface area contributed by atoms with Crippen molar-refractivity contribution in [2.45, 2.75) is 51.5 Å². The maximum atomic E-state index is 13.0. The van der Waals surface area contributed by atoms with Crippen molar-refractivity contribution in [2.24, 2.45) is 5.92 Å². The Bertz CT molecular complexity index is 443. The van der Waals surface area contributed by atoms with Crippen molar-refractivity contribution in [3.8, 4) is 0 Å². The molecule has 0 bridgehead atoms. The van der Waals surface area contributed by atoms with E-state index < -0.39 is 0 Å². The van der Waals surface area contributed by atoms with E-state index in [4.69, 9.17) is 0 Å². The Labute approximate surface area is 140 Å². The molecule has 0 spiro atoms. The first-order chi connectivity index (χ1) is 11.3. The molecule has 0 unspecified atom stereocenters. The Balaban J connectivity index is 1.35. The molecule has 0 radical (unpaired) electrons. The van der Waals surface area contributed by atoms with Gasteiger partial charge in [0.1, 0.15) is 5.82 Å². The standard InChI is InChI=1S/C20H31FN2/c21-20-7-5-19(6-8-20)17-23-15-10-18(11-16-23)9-14-22-12-3-1-2-4-13-22/h5-8,18H,1-4,9-17H2. The summed E-state index contributed by atoms with van der Waals surface area (Å²) in [5.41, 5.74) is 1.23. The predicted octanol–water partition coefficient (Wildman–Crippen LogP) is 4.30. The van der Waals surface area contributed by atoms with Crippen LogP contribution in [0, 0.1) is 11.7 Å². The highest BCUT2D eigenvalue weighted by atomic mass is 19.1. The van der Waals surface area contributed by atoms with Crippen LogP contribution in [-0.4, -0.2) is 42.5 Å². The minimum Gasteiger partial charge on any atom is -0.303 e. The van der Waals surface area contributed by atoms with Crippen LogP contribution in [0.4, 0.5) is 4.39 Å². The van der Waals surface area contributed by atoms with Gasteiger partial charge in [0.15, 0.2) is 0 Å². The van der Waals surface area contributed by atoms with E-state index in [1.807, 2.05) is 12.1 Å². The van der Waals surface area contributed by atoms with Gasteiger partial charge in [-0.15, -0.1) is 0 Å². The maximum Gasteiger partial charge on any atom is 0.123 e. The largest absolute Gasteiger partial charge is 0.303 e. The van der Waals surface area contributed by atoms with Gasteiger partial charge in [0.25, 0.3) is 0 Å². The van der Waals surface area contributed by atoms with E-state index in [2.05, 4.69) is 9.80 Å². The van der Waals surface area contributed by atoms with Crippen molar-refractivity contribution in [3.05, 3.63) is 35.6 Å². The second-order valence-corrected chi connectivity index (χ2v) is 7.39. The lowest BCUT2D eigenvalue weighted by atomic mass is 9.93. The van der Waals surface area contributed by atoms with Crippen molar-refractivity contribution in [1.29, 1.82) is 0 Å². The molecule has 2 nitrogen and oxygen atoms in total. The lowest BCUT2D eigenvalue weighted by molar-refractivity contribution is 0.159. The summed E-state index contributed by atoms with van der Waals surface area (Å²) in [5.74, 6) is 0.767. The first kappa shape index (κ1) is 16.9. The molecule has 0 saturated carbocycles. The molecule has 0 aliphatic carbocycles. The second-order valence-electron chi connectivity index (χ2n) is 7.39. The molecule has 0 atom stereocenters. The van der Waals surface area contributed by atoms with E-state index in [1.54, 1.807) is 12.1 Å². The van der Waals surface area contributed by atoms with Crippen LogP contribution in [0.1, 0.15) is 50.5 Å². The number of nitrogens with zero attached hydrogens (tertiary/aromatic N) is 2. The van der Waals surface area contributed by atoms with E-state index in [-0.39, 0.29) is 5.82 Å². The summed E-state index contributed by atoms with van der Waals surface area (Å²) in [5, 5.41) is 0. The van der Waals surface area contributed by atoms with Gasteiger partial charge in [-0.05, 0) is 88.4 Å². The Morgan fingerprint density at radius 2 is 1.48 bits per heavy atom. The molecule has 2 fully saturated rings. The van der Waals surface area contributed by atoms with Gasteiger partial charge in [0.05, 0.1) is 0 Å². The molecule has 0 aromatic heterocycles. The fourth-order valence-corrected chi connectivity index (χ4v) is 4.01. The Morgan fingerprint density at radius 3 is 2.13 bits per heavy atom. The van der Waals surface area contributed by atoms with Crippen molar-refractivity contribution in [2.75, 3.05) is 32.7 Å². The van der Waals surface area contributed by atoms with Gasteiger partial charge in [-0.1, -0.05) is 25.0 Å². The van der Waals surface area contributed by atoms with E-state index in [0.717, 1.165) is 12.5 Å². The number of likely N-dealkylation sites (tertiary alicyclic amines) is 2. The second kappa shape index (κ2) is 8.79. The topological polar surface area (TPSA) is 6.48 Å². The number of benzene rings is 1. The third-order valence-corrected chi connectivity index (χ3v) is 5.58. The van der Waals surface area contributed by atoms with Crippen LogP contribution >= 0.6 is 0 Å². The first-order valence-electron chi connectivity index (χ1n) is 9.49. The fourth-order valence-electron chi connectivity index (χ4n) is 4.01. The van der Waals surface area contributed by atoms with Gasteiger partial charge in [-0.25, -0.2) is 4.39 Å². The van der Waals surface area contributed by atoms with Gasteiger partial charge in [-0.3, -0.25) is 4.90 Å². The summed E-state index contributed by atoms with van der Waals surface area (Å²) < 4.78 is 13.0. The molecule has 2 aliphatic heterocycles. The fraction of sp³-hybridized carbons (Fsp3) is 0.700. The van der Waals surface area contributed by atoms with Crippen LogP contribution < -0.4 is 0 Å². The zero-order chi connectivity index (χ0) is 15.9. The SMILES string of the molecule is Fc1ccc(CN2CCC(CCN3CCCCCC3)CC2)cc1. The number of halogens is 1. The molecule has 2 saturated heterocycles. The molecule has 3 rings (SSSR count). The number of hydrogen-bond donors (Lipinski definition) is 0. The highest BCUT2D eigenvalue weighted by Crippen LogP contribution is 2.23. The lowest BCUT2D eigenvalue weighted by Gasteiger charge is -2.33. The van der Waals surface area contributed by atoms with Crippen LogP contribution in [0.5, 0.6) is 0 Å². The molecule has 0 N–H and O–H groups in total. The monoisotopic (exact) mass is 318 g/mol. The molecule has 1 aromatic rings. The van der Waals surface area contributed by atoms with Crippen molar-refractivity contribution >= 4 is 0 Å². The zero-order valence-electron chi connectivity index (χ0n) is 14.4. The molecule has 128 valence electrons. The molecule has 2 heterocycles. The smallest absolute Gasteiger partial charge is 0.123 e. The average molecular weight is 318 g/mol. The van der Waals surface area contributed by atoms with E-state index >= 15 is 0 Å². The molecule has 1 aromatic carbocycles. The third-order valence-electron chi connectivity index (χ3n) is 5.58. The minimum atomic E-state index is -0.138. The minimum absolute atomic E-state index is 0.138. The number of hydrogen-bond acceptors (Lipinski definition) is 2. The quantitative estimate of drug-likeness (QED) is 0.798. The van der Waals surface area contributed by atoms with Gasteiger partial charge in [-0.2, -0.15) is 0 Å². The highest BCUT2D eigenvalue weighted by Gasteiger charge is 2.20. The lowest BCUT2D eigenvalue weighted by Crippen LogP contribution is -2.35. The first-order valence-corrected chi connectivity index (χ1v) is 9.49. The Morgan fingerprint density at radius 1 is 0.826 bits per heavy atom. The van der Waals surface area contributed by atoms with Crippen LogP contribution in [-0.2, 0) is 6.54 Å². The average Bonchev–Trinajstić information content (AvgIpc) is 2.85. The van der Waals surface area contributed by atoms with E-state index in [9.17, 15) is 4.39 Å². The highest BCUT2D eigenvalue weighted by molar-refractivity contribution is 5.15. The molecular formula is C20H31FN2. The van der Waals surface area contributed by atoms with Crippen LogP contribution in [0.2, 0.25) is 0 Å². The summed E-state index contributed by atoms with van der Waals surface area (Å²) in [4.78, 5) is 5.22. The summed E-state index contributed by atoms with van der Waals surface area (Å²) >= 11 is 0.